The van der Waals surface area contributed by atoms with Crippen LogP contribution in [0.5, 0.6) is 0 Å². The van der Waals surface area contributed by atoms with E-state index in [1.165, 1.54) is 12.0 Å². The molecule has 0 aliphatic carbocycles. The van der Waals surface area contributed by atoms with E-state index in [1.54, 1.807) is 7.11 Å². The molecule has 2 N–H and O–H groups in total. The molecule has 0 spiro atoms. The molecule has 1 unspecified atom stereocenters. The lowest BCUT2D eigenvalue weighted by Gasteiger charge is -2.09. The van der Waals surface area contributed by atoms with Gasteiger partial charge in [-0.2, -0.15) is 0 Å². The van der Waals surface area contributed by atoms with Crippen LogP contribution in [0.25, 0.3) is 0 Å². The highest BCUT2D eigenvalue weighted by molar-refractivity contribution is 5.23. The Hall–Kier alpha value is -0.860. The smallest absolute Gasteiger partial charge is 0.131 e. The SMILES string of the molecule is CCCc1ccc(C(N)OC)cc1. The lowest BCUT2D eigenvalue weighted by atomic mass is 10.1. The molecule has 72 valence electrons. The van der Waals surface area contributed by atoms with Crippen LogP contribution in [0.4, 0.5) is 0 Å². The molecule has 2 nitrogen and oxygen atoms in total. The largest absolute Gasteiger partial charge is 0.363 e. The first-order chi connectivity index (χ1) is 6.27. The molecule has 0 amide bonds. The van der Waals surface area contributed by atoms with Crippen molar-refractivity contribution in [1.29, 1.82) is 0 Å². The van der Waals surface area contributed by atoms with E-state index in [9.17, 15) is 0 Å². The third-order valence-electron chi connectivity index (χ3n) is 2.10. The van der Waals surface area contributed by atoms with Gasteiger partial charge in [-0.05, 0) is 17.5 Å². The molecule has 1 atom stereocenters. The van der Waals surface area contributed by atoms with Gasteiger partial charge >= 0.3 is 0 Å². The standard InChI is InChI=1S/C11H17NO/c1-3-4-9-5-7-10(8-6-9)11(12)13-2/h5-8,11H,3-4,12H2,1-2H3. The number of hydrogen-bond donors (Lipinski definition) is 1. The van der Waals surface area contributed by atoms with Crippen molar-refractivity contribution >= 4 is 0 Å². The Morgan fingerprint density at radius 3 is 2.38 bits per heavy atom. The fraction of sp³-hybridized carbons (Fsp3) is 0.455. The highest BCUT2D eigenvalue weighted by Crippen LogP contribution is 2.12. The first-order valence-electron chi connectivity index (χ1n) is 4.65. The predicted molar refractivity (Wildman–Crippen MR) is 54.4 cm³/mol. The van der Waals surface area contributed by atoms with Gasteiger partial charge in [0, 0.05) is 7.11 Å². The highest BCUT2D eigenvalue weighted by atomic mass is 16.5. The summed E-state index contributed by atoms with van der Waals surface area (Å²) in [4.78, 5) is 0. The van der Waals surface area contributed by atoms with E-state index < -0.39 is 0 Å². The van der Waals surface area contributed by atoms with Crippen LogP contribution >= 0.6 is 0 Å². The van der Waals surface area contributed by atoms with Crippen molar-refractivity contribution in [2.45, 2.75) is 26.0 Å². The minimum atomic E-state index is -0.296. The van der Waals surface area contributed by atoms with Crippen molar-refractivity contribution in [3.05, 3.63) is 35.4 Å². The van der Waals surface area contributed by atoms with E-state index >= 15 is 0 Å². The van der Waals surface area contributed by atoms with Crippen molar-refractivity contribution in [2.24, 2.45) is 5.73 Å². The number of methoxy groups -OCH3 is 1. The van der Waals surface area contributed by atoms with Crippen LogP contribution in [0.1, 0.15) is 30.7 Å². The fourth-order valence-corrected chi connectivity index (χ4v) is 1.30. The number of hydrogen-bond acceptors (Lipinski definition) is 2. The van der Waals surface area contributed by atoms with E-state index in [-0.39, 0.29) is 6.23 Å². The van der Waals surface area contributed by atoms with Crippen LogP contribution in [-0.4, -0.2) is 7.11 Å². The van der Waals surface area contributed by atoms with Crippen molar-refractivity contribution < 1.29 is 4.74 Å². The topological polar surface area (TPSA) is 35.2 Å². The average molecular weight is 179 g/mol. The van der Waals surface area contributed by atoms with E-state index in [0.717, 1.165) is 12.0 Å². The maximum Gasteiger partial charge on any atom is 0.131 e. The molecule has 0 saturated heterocycles. The zero-order valence-electron chi connectivity index (χ0n) is 8.29. The predicted octanol–water partition coefficient (Wildman–Crippen LogP) is 2.24. The summed E-state index contributed by atoms with van der Waals surface area (Å²) < 4.78 is 5.01. The zero-order valence-corrected chi connectivity index (χ0v) is 8.29. The lowest BCUT2D eigenvalue weighted by molar-refractivity contribution is 0.109. The Bertz CT molecular complexity index is 243. The van der Waals surface area contributed by atoms with Gasteiger partial charge in [0.15, 0.2) is 0 Å². The summed E-state index contributed by atoms with van der Waals surface area (Å²) in [5.41, 5.74) is 8.08. The van der Waals surface area contributed by atoms with Gasteiger partial charge in [0.2, 0.25) is 0 Å². The van der Waals surface area contributed by atoms with Gasteiger partial charge in [-0.15, -0.1) is 0 Å². The molecule has 2 heteroatoms. The Morgan fingerprint density at radius 1 is 1.31 bits per heavy atom. The van der Waals surface area contributed by atoms with Crippen molar-refractivity contribution in [2.75, 3.05) is 7.11 Å². The van der Waals surface area contributed by atoms with Crippen molar-refractivity contribution in [3.63, 3.8) is 0 Å². The molecule has 0 bridgehead atoms. The van der Waals surface area contributed by atoms with Gasteiger partial charge in [-0.1, -0.05) is 37.6 Å². The second-order valence-corrected chi connectivity index (χ2v) is 3.15. The van der Waals surface area contributed by atoms with Crippen LogP contribution in [-0.2, 0) is 11.2 Å². The first kappa shape index (κ1) is 10.2. The third-order valence-corrected chi connectivity index (χ3v) is 2.10. The fourth-order valence-electron chi connectivity index (χ4n) is 1.30. The van der Waals surface area contributed by atoms with Gasteiger partial charge < -0.3 is 10.5 Å². The van der Waals surface area contributed by atoms with Crippen LogP contribution in [0.15, 0.2) is 24.3 Å². The van der Waals surface area contributed by atoms with Gasteiger partial charge in [-0.25, -0.2) is 0 Å². The van der Waals surface area contributed by atoms with E-state index in [4.69, 9.17) is 10.5 Å². The molecule has 0 radical (unpaired) electrons. The maximum absolute atomic E-state index is 5.70. The quantitative estimate of drug-likeness (QED) is 0.719. The lowest BCUT2D eigenvalue weighted by Crippen LogP contribution is -2.11. The zero-order chi connectivity index (χ0) is 9.68. The second kappa shape index (κ2) is 5.00. The minimum absolute atomic E-state index is 0.296. The third kappa shape index (κ3) is 2.83. The Balaban J connectivity index is 2.69. The number of ether oxygens (including phenoxy) is 1. The van der Waals surface area contributed by atoms with E-state index in [2.05, 4.69) is 19.1 Å². The van der Waals surface area contributed by atoms with Crippen LogP contribution < -0.4 is 5.73 Å². The summed E-state index contributed by atoms with van der Waals surface area (Å²) >= 11 is 0. The normalized spacial score (nSPS) is 12.8. The molecule has 0 saturated carbocycles. The molecular weight excluding hydrogens is 162 g/mol. The average Bonchev–Trinajstić information content (AvgIpc) is 2.18. The number of benzene rings is 1. The molecule has 13 heavy (non-hydrogen) atoms. The molecule has 0 heterocycles. The summed E-state index contributed by atoms with van der Waals surface area (Å²) in [6.07, 6.45) is 2.01. The minimum Gasteiger partial charge on any atom is -0.363 e. The Kier molecular flexibility index (Phi) is 3.93. The second-order valence-electron chi connectivity index (χ2n) is 3.15. The Morgan fingerprint density at radius 2 is 1.92 bits per heavy atom. The molecule has 1 aromatic rings. The number of nitrogens with two attached hydrogens (primary N) is 1. The monoisotopic (exact) mass is 179 g/mol. The molecule has 1 aromatic carbocycles. The molecule has 0 aliphatic heterocycles. The summed E-state index contributed by atoms with van der Waals surface area (Å²) in [7, 11) is 1.62. The number of rotatable bonds is 4. The van der Waals surface area contributed by atoms with Crippen LogP contribution in [0, 0.1) is 0 Å². The number of aryl methyl sites for hydroxylation is 1. The maximum atomic E-state index is 5.70. The van der Waals surface area contributed by atoms with Gasteiger partial charge in [0.1, 0.15) is 6.23 Å². The summed E-state index contributed by atoms with van der Waals surface area (Å²) in [5, 5.41) is 0. The van der Waals surface area contributed by atoms with Crippen LogP contribution in [0.2, 0.25) is 0 Å². The highest BCUT2D eigenvalue weighted by Gasteiger charge is 2.02. The van der Waals surface area contributed by atoms with Crippen LogP contribution in [0.3, 0.4) is 0 Å². The van der Waals surface area contributed by atoms with Crippen molar-refractivity contribution in [1.82, 2.24) is 0 Å². The summed E-state index contributed by atoms with van der Waals surface area (Å²) in [6.45, 7) is 2.18. The first-order valence-corrected chi connectivity index (χ1v) is 4.65. The van der Waals surface area contributed by atoms with Gasteiger partial charge in [0.25, 0.3) is 0 Å². The van der Waals surface area contributed by atoms with Gasteiger partial charge in [-0.3, -0.25) is 0 Å². The molecule has 1 rings (SSSR count). The summed E-state index contributed by atoms with van der Waals surface area (Å²) in [5.74, 6) is 0. The van der Waals surface area contributed by atoms with Crippen molar-refractivity contribution in [3.8, 4) is 0 Å². The molecule has 0 aliphatic rings. The Labute approximate surface area is 79.7 Å². The molecule has 0 aromatic heterocycles. The molecular formula is C11H17NO. The van der Waals surface area contributed by atoms with E-state index in [1.807, 2.05) is 12.1 Å². The molecule has 0 fully saturated rings. The van der Waals surface area contributed by atoms with E-state index in [0.29, 0.717) is 0 Å². The van der Waals surface area contributed by atoms with Gasteiger partial charge in [0.05, 0.1) is 0 Å². The summed E-state index contributed by atoms with van der Waals surface area (Å²) in [6, 6.07) is 8.27.